The zero-order valence-electron chi connectivity index (χ0n) is 13.7. The molecule has 23 heavy (non-hydrogen) atoms. The fraction of sp³-hybridized carbons (Fsp3) is 0.300. The molecule has 3 heteroatoms. The Morgan fingerprint density at radius 2 is 1.48 bits per heavy atom. The predicted molar refractivity (Wildman–Crippen MR) is 92.3 cm³/mol. The molecule has 0 saturated carbocycles. The van der Waals surface area contributed by atoms with Crippen molar-refractivity contribution < 1.29 is 8.78 Å². The van der Waals surface area contributed by atoms with E-state index in [1.807, 2.05) is 12.1 Å². The quantitative estimate of drug-likeness (QED) is 0.640. The van der Waals surface area contributed by atoms with E-state index in [1.165, 1.54) is 24.3 Å². The molecule has 0 radical (unpaired) electrons. The standard InChI is InChI=1S/C20H23F2N/c1-23(2)13-5-3-4-12-20(16-8-6-10-18(21)14-16)17-9-7-11-19(22)15-17/h6-12,14-15H,3-5,13H2,1-2H3. The van der Waals surface area contributed by atoms with Gasteiger partial charge >= 0.3 is 0 Å². The van der Waals surface area contributed by atoms with Crippen LogP contribution in [0.3, 0.4) is 0 Å². The van der Waals surface area contributed by atoms with Crippen LogP contribution in [0.15, 0.2) is 54.6 Å². The topological polar surface area (TPSA) is 3.24 Å². The SMILES string of the molecule is CN(C)CCCCC=C(c1cccc(F)c1)c1cccc(F)c1. The minimum absolute atomic E-state index is 0.280. The van der Waals surface area contributed by atoms with Crippen molar-refractivity contribution in [1.82, 2.24) is 4.90 Å². The maximum Gasteiger partial charge on any atom is 0.123 e. The Hall–Kier alpha value is -2.00. The lowest BCUT2D eigenvalue weighted by atomic mass is 9.96. The average Bonchev–Trinajstić information content (AvgIpc) is 2.50. The second kappa shape index (κ2) is 8.59. The minimum Gasteiger partial charge on any atom is -0.309 e. The number of nitrogens with zero attached hydrogens (tertiary/aromatic N) is 1. The fourth-order valence-corrected chi connectivity index (χ4v) is 2.53. The second-order valence-corrected chi connectivity index (χ2v) is 5.94. The van der Waals surface area contributed by atoms with E-state index in [1.54, 1.807) is 12.1 Å². The van der Waals surface area contributed by atoms with E-state index < -0.39 is 0 Å². The van der Waals surface area contributed by atoms with Gasteiger partial charge in [0.25, 0.3) is 0 Å². The zero-order valence-corrected chi connectivity index (χ0v) is 13.7. The van der Waals surface area contributed by atoms with Gasteiger partial charge < -0.3 is 4.90 Å². The number of rotatable bonds is 7. The minimum atomic E-state index is -0.280. The molecule has 2 aromatic carbocycles. The number of unbranched alkanes of at least 4 members (excludes halogenated alkanes) is 2. The van der Waals surface area contributed by atoms with Gasteiger partial charge in [0.15, 0.2) is 0 Å². The molecular formula is C20H23F2N. The van der Waals surface area contributed by atoms with Crippen molar-refractivity contribution in [1.29, 1.82) is 0 Å². The Labute approximate surface area is 137 Å². The second-order valence-electron chi connectivity index (χ2n) is 5.94. The number of halogens is 2. The first-order valence-electron chi connectivity index (χ1n) is 7.93. The summed E-state index contributed by atoms with van der Waals surface area (Å²) < 4.78 is 27.1. The van der Waals surface area contributed by atoms with Gasteiger partial charge in [0.2, 0.25) is 0 Å². The van der Waals surface area contributed by atoms with E-state index in [0.717, 1.165) is 42.5 Å². The summed E-state index contributed by atoms with van der Waals surface area (Å²) in [4.78, 5) is 2.16. The summed E-state index contributed by atoms with van der Waals surface area (Å²) in [7, 11) is 4.11. The Kier molecular flexibility index (Phi) is 6.48. The highest BCUT2D eigenvalue weighted by Gasteiger charge is 2.07. The van der Waals surface area contributed by atoms with Gasteiger partial charge in [-0.25, -0.2) is 8.78 Å². The van der Waals surface area contributed by atoms with Crippen LogP contribution < -0.4 is 0 Å². The van der Waals surface area contributed by atoms with Crippen molar-refractivity contribution in [2.24, 2.45) is 0 Å². The Morgan fingerprint density at radius 1 is 0.913 bits per heavy atom. The first-order valence-corrected chi connectivity index (χ1v) is 7.93. The highest BCUT2D eigenvalue weighted by molar-refractivity contribution is 5.79. The first-order chi connectivity index (χ1) is 11.1. The molecule has 0 bridgehead atoms. The summed E-state index contributed by atoms with van der Waals surface area (Å²) >= 11 is 0. The normalized spacial score (nSPS) is 10.8. The molecule has 2 rings (SSSR count). The monoisotopic (exact) mass is 315 g/mol. The molecule has 2 aromatic rings. The van der Waals surface area contributed by atoms with Crippen LogP contribution >= 0.6 is 0 Å². The summed E-state index contributed by atoms with van der Waals surface area (Å²) in [5.41, 5.74) is 2.44. The first kappa shape index (κ1) is 17.4. The number of hydrogen-bond acceptors (Lipinski definition) is 1. The Bertz CT molecular complexity index is 615. The van der Waals surface area contributed by atoms with E-state index in [-0.39, 0.29) is 11.6 Å². The van der Waals surface area contributed by atoms with Crippen molar-refractivity contribution in [2.45, 2.75) is 19.3 Å². The molecule has 0 N–H and O–H groups in total. The van der Waals surface area contributed by atoms with Crippen LogP contribution in [0.25, 0.3) is 5.57 Å². The molecule has 0 spiro atoms. The molecule has 0 heterocycles. The van der Waals surface area contributed by atoms with Crippen molar-refractivity contribution in [3.8, 4) is 0 Å². The molecule has 1 nitrogen and oxygen atoms in total. The Morgan fingerprint density at radius 3 is 1.96 bits per heavy atom. The third-order valence-electron chi connectivity index (χ3n) is 3.68. The van der Waals surface area contributed by atoms with E-state index in [0.29, 0.717) is 0 Å². The number of benzene rings is 2. The third kappa shape index (κ3) is 5.61. The van der Waals surface area contributed by atoms with Gasteiger partial charge in [-0.15, -0.1) is 0 Å². The summed E-state index contributed by atoms with van der Waals surface area (Å²) in [5.74, 6) is -0.560. The number of hydrogen-bond donors (Lipinski definition) is 0. The molecular weight excluding hydrogens is 292 g/mol. The van der Waals surface area contributed by atoms with Crippen molar-refractivity contribution in [3.63, 3.8) is 0 Å². The Balaban J connectivity index is 2.21. The lowest BCUT2D eigenvalue weighted by Crippen LogP contribution is -2.12. The van der Waals surface area contributed by atoms with Gasteiger partial charge in [-0.1, -0.05) is 30.3 Å². The summed E-state index contributed by atoms with van der Waals surface area (Å²) in [5, 5.41) is 0. The highest BCUT2D eigenvalue weighted by atomic mass is 19.1. The summed E-state index contributed by atoms with van der Waals surface area (Å²) in [6, 6.07) is 12.9. The van der Waals surface area contributed by atoms with Crippen LogP contribution in [0.5, 0.6) is 0 Å². The van der Waals surface area contributed by atoms with Crippen molar-refractivity contribution >= 4 is 5.57 Å². The lowest BCUT2D eigenvalue weighted by molar-refractivity contribution is 0.395. The maximum absolute atomic E-state index is 13.5. The highest BCUT2D eigenvalue weighted by Crippen LogP contribution is 2.25. The van der Waals surface area contributed by atoms with Gasteiger partial charge in [-0.2, -0.15) is 0 Å². The van der Waals surface area contributed by atoms with E-state index in [9.17, 15) is 8.78 Å². The van der Waals surface area contributed by atoms with Crippen LogP contribution in [-0.2, 0) is 0 Å². The average molecular weight is 315 g/mol. The van der Waals surface area contributed by atoms with Crippen LogP contribution in [0.4, 0.5) is 8.78 Å². The van der Waals surface area contributed by atoms with Gasteiger partial charge in [-0.05, 0) is 80.9 Å². The lowest BCUT2D eigenvalue weighted by Gasteiger charge is -2.11. The molecule has 0 aliphatic rings. The molecule has 0 aliphatic heterocycles. The smallest absolute Gasteiger partial charge is 0.123 e. The predicted octanol–water partition coefficient (Wildman–Crippen LogP) is 5.13. The maximum atomic E-state index is 13.5. The van der Waals surface area contributed by atoms with Gasteiger partial charge in [0.1, 0.15) is 11.6 Å². The van der Waals surface area contributed by atoms with Gasteiger partial charge in [-0.3, -0.25) is 0 Å². The summed E-state index contributed by atoms with van der Waals surface area (Å²) in [6.07, 6.45) is 5.12. The molecule has 122 valence electrons. The van der Waals surface area contributed by atoms with Crippen LogP contribution in [0.1, 0.15) is 30.4 Å². The molecule has 0 atom stereocenters. The number of allylic oxidation sites excluding steroid dienone is 1. The van der Waals surface area contributed by atoms with E-state index in [4.69, 9.17) is 0 Å². The van der Waals surface area contributed by atoms with Crippen LogP contribution in [0.2, 0.25) is 0 Å². The van der Waals surface area contributed by atoms with Gasteiger partial charge in [0.05, 0.1) is 0 Å². The zero-order chi connectivity index (χ0) is 16.7. The molecule has 0 saturated heterocycles. The van der Waals surface area contributed by atoms with E-state index >= 15 is 0 Å². The largest absolute Gasteiger partial charge is 0.309 e. The molecule has 0 aliphatic carbocycles. The molecule has 0 fully saturated rings. The third-order valence-corrected chi connectivity index (χ3v) is 3.68. The molecule has 0 amide bonds. The van der Waals surface area contributed by atoms with Gasteiger partial charge in [0, 0.05) is 0 Å². The fourth-order valence-electron chi connectivity index (χ4n) is 2.53. The van der Waals surface area contributed by atoms with Crippen molar-refractivity contribution in [2.75, 3.05) is 20.6 Å². The van der Waals surface area contributed by atoms with Crippen LogP contribution in [0, 0.1) is 11.6 Å². The summed E-state index contributed by atoms with van der Waals surface area (Å²) in [6.45, 7) is 1.04. The molecule has 0 unspecified atom stereocenters. The van der Waals surface area contributed by atoms with E-state index in [2.05, 4.69) is 25.1 Å². The van der Waals surface area contributed by atoms with Crippen LogP contribution in [-0.4, -0.2) is 25.5 Å². The molecule has 0 aromatic heterocycles. The van der Waals surface area contributed by atoms with Crippen molar-refractivity contribution in [3.05, 3.63) is 77.4 Å².